The topological polar surface area (TPSA) is 6.48 Å². The van der Waals surface area contributed by atoms with Gasteiger partial charge in [-0.3, -0.25) is 0 Å². The molecule has 0 heterocycles. The van der Waals surface area contributed by atoms with Gasteiger partial charge in [0, 0.05) is 0 Å². The quantitative estimate of drug-likeness (QED) is 0.204. The Morgan fingerprint density at radius 3 is 1.27 bits per heavy atom. The van der Waals surface area contributed by atoms with Gasteiger partial charge in [0.05, 0.1) is 0 Å². The number of benzene rings is 4. The molecule has 0 unspecified atom stereocenters. The molecule has 9 heteroatoms. The first-order chi connectivity index (χ1) is 15.5. The molecule has 0 saturated carbocycles. The molecule has 0 bridgehead atoms. The molecular formula is C24H20Cl6N2Te. The van der Waals surface area contributed by atoms with Crippen molar-refractivity contribution in [1.82, 2.24) is 0 Å². The van der Waals surface area contributed by atoms with Crippen LogP contribution >= 0.6 is 64.3 Å². The fraction of sp³-hybridized carbons (Fsp3) is 0.167. The van der Waals surface area contributed by atoms with E-state index in [0.29, 0.717) is 20.1 Å². The summed E-state index contributed by atoms with van der Waals surface area (Å²) in [6, 6.07) is 15.2. The van der Waals surface area contributed by atoms with E-state index in [4.69, 9.17) is 64.3 Å². The summed E-state index contributed by atoms with van der Waals surface area (Å²) in [5, 5.41) is 5.60. The minimum atomic E-state index is -4.07. The van der Waals surface area contributed by atoms with Gasteiger partial charge < -0.3 is 0 Å². The molecule has 4 aromatic carbocycles. The molecule has 0 N–H and O–H groups in total. The van der Waals surface area contributed by atoms with Crippen LogP contribution in [0, 0.1) is 0 Å². The van der Waals surface area contributed by atoms with Gasteiger partial charge in [0.25, 0.3) is 0 Å². The van der Waals surface area contributed by atoms with Crippen molar-refractivity contribution >= 4 is 120 Å². The fourth-order valence-corrected chi connectivity index (χ4v) is 13.7. The minimum absolute atomic E-state index is 0.537. The SMILES string of the molecule is CN(C)c1c(Cl)cc(Cl)c2cccc([Te](Cl)(Cl)c3cccc4c(Cl)cc(Cl)c(N(C)C)c34)c12. The summed E-state index contributed by atoms with van der Waals surface area (Å²) in [6.45, 7) is 0. The summed E-state index contributed by atoms with van der Waals surface area (Å²) in [5.41, 5.74) is 1.65. The monoisotopic (exact) mass is 676 g/mol. The Hall–Kier alpha value is -0.470. The predicted molar refractivity (Wildman–Crippen MR) is 153 cm³/mol. The molecular weight excluding hydrogens is 657 g/mol. The van der Waals surface area contributed by atoms with Crippen molar-refractivity contribution in [3.63, 3.8) is 0 Å². The number of anilines is 2. The predicted octanol–water partition coefficient (Wildman–Crippen LogP) is 7.77. The Morgan fingerprint density at radius 2 is 0.939 bits per heavy atom. The molecule has 0 fully saturated rings. The van der Waals surface area contributed by atoms with E-state index >= 15 is 0 Å². The molecule has 0 spiro atoms. The van der Waals surface area contributed by atoms with Gasteiger partial charge in [-0.15, -0.1) is 0 Å². The van der Waals surface area contributed by atoms with Crippen LogP contribution in [0.15, 0.2) is 48.5 Å². The summed E-state index contributed by atoms with van der Waals surface area (Å²) >= 11 is 22.4. The van der Waals surface area contributed by atoms with Crippen LogP contribution < -0.4 is 17.0 Å². The van der Waals surface area contributed by atoms with Crippen molar-refractivity contribution in [2.45, 2.75) is 0 Å². The Bertz CT molecular complexity index is 1300. The van der Waals surface area contributed by atoms with E-state index in [1.165, 1.54) is 0 Å². The molecule has 0 radical (unpaired) electrons. The first-order valence-corrected chi connectivity index (χ1v) is 19.6. The molecule has 0 amide bonds. The summed E-state index contributed by atoms with van der Waals surface area (Å²) in [6.07, 6.45) is 0. The molecule has 174 valence electrons. The van der Waals surface area contributed by atoms with Crippen LogP contribution in [-0.4, -0.2) is 44.1 Å². The van der Waals surface area contributed by atoms with Crippen LogP contribution in [0.2, 0.25) is 20.1 Å². The van der Waals surface area contributed by atoms with Crippen molar-refractivity contribution in [1.29, 1.82) is 0 Å². The third-order valence-corrected chi connectivity index (χ3v) is 16.2. The molecule has 4 rings (SSSR count). The van der Waals surface area contributed by atoms with Crippen molar-refractivity contribution in [2.75, 3.05) is 38.0 Å². The Labute approximate surface area is 225 Å². The van der Waals surface area contributed by atoms with Gasteiger partial charge in [0.15, 0.2) is 0 Å². The molecule has 0 aliphatic heterocycles. The zero-order valence-corrected chi connectivity index (χ0v) is 25.1. The first kappa shape index (κ1) is 25.6. The van der Waals surface area contributed by atoms with Crippen molar-refractivity contribution < 1.29 is 0 Å². The fourth-order valence-electron chi connectivity index (χ4n) is 4.12. The summed E-state index contributed by atoms with van der Waals surface area (Å²) in [5.74, 6) is 0. The van der Waals surface area contributed by atoms with Crippen LogP contribution in [-0.2, 0) is 0 Å². The molecule has 0 aliphatic rings. The second kappa shape index (κ2) is 9.53. The van der Waals surface area contributed by atoms with E-state index < -0.39 is 15.9 Å². The second-order valence-corrected chi connectivity index (χ2v) is 22.1. The zero-order chi connectivity index (χ0) is 24.2. The van der Waals surface area contributed by atoms with Crippen LogP contribution in [0.1, 0.15) is 0 Å². The van der Waals surface area contributed by atoms with Crippen molar-refractivity contribution in [3.05, 3.63) is 68.6 Å². The summed E-state index contributed by atoms with van der Waals surface area (Å²) in [7, 11) is 22.6. The average molecular weight is 677 g/mol. The zero-order valence-electron chi connectivity index (χ0n) is 18.2. The molecule has 0 atom stereocenters. The van der Waals surface area contributed by atoms with E-state index in [2.05, 4.69) is 0 Å². The third kappa shape index (κ3) is 4.35. The van der Waals surface area contributed by atoms with Gasteiger partial charge in [-0.1, -0.05) is 0 Å². The number of hydrogen-bond donors (Lipinski definition) is 0. The van der Waals surface area contributed by atoms with Gasteiger partial charge in [-0.2, -0.15) is 0 Å². The van der Waals surface area contributed by atoms with Crippen LogP contribution in [0.5, 0.6) is 0 Å². The van der Waals surface area contributed by atoms with E-state index in [1.54, 1.807) is 12.1 Å². The van der Waals surface area contributed by atoms with E-state index in [9.17, 15) is 0 Å². The van der Waals surface area contributed by atoms with Gasteiger partial charge in [0.1, 0.15) is 0 Å². The van der Waals surface area contributed by atoms with Crippen molar-refractivity contribution in [3.8, 4) is 0 Å². The van der Waals surface area contributed by atoms with Crippen molar-refractivity contribution in [2.24, 2.45) is 0 Å². The Kier molecular flexibility index (Phi) is 7.40. The third-order valence-electron chi connectivity index (χ3n) is 5.45. The van der Waals surface area contributed by atoms with Gasteiger partial charge in [-0.25, -0.2) is 0 Å². The molecule has 0 saturated heterocycles. The van der Waals surface area contributed by atoms with Crippen LogP contribution in [0.4, 0.5) is 11.4 Å². The van der Waals surface area contributed by atoms with Gasteiger partial charge in [-0.05, 0) is 0 Å². The first-order valence-electron chi connectivity index (χ1n) is 9.85. The normalized spacial score (nSPS) is 12.4. The standard InChI is InChI=1S/C24H20Cl6N2Te/c1-31(2)23-17(27)11-15(25)13-7-5-9-19(21(13)23)33(29,30)20-10-6-8-14-16(26)12-18(28)24(22(14)20)32(3)4/h5-12H,1-4H3. The summed E-state index contributed by atoms with van der Waals surface area (Å²) < 4.78 is 1.69. The molecule has 2 nitrogen and oxygen atoms in total. The number of nitrogens with zero attached hydrogens (tertiary/aromatic N) is 2. The maximum atomic E-state index is 7.45. The van der Waals surface area contributed by atoms with Gasteiger partial charge in [0.2, 0.25) is 0 Å². The number of halogens is 6. The number of hydrogen-bond acceptors (Lipinski definition) is 2. The van der Waals surface area contributed by atoms with E-state index in [0.717, 1.165) is 40.1 Å². The molecule has 33 heavy (non-hydrogen) atoms. The second-order valence-electron chi connectivity index (χ2n) is 7.99. The number of rotatable bonds is 4. The Morgan fingerprint density at radius 1 is 0.576 bits per heavy atom. The average Bonchev–Trinajstić information content (AvgIpc) is 2.72. The maximum absolute atomic E-state index is 7.45. The summed E-state index contributed by atoms with van der Waals surface area (Å²) in [4.78, 5) is 3.91. The molecule has 4 aromatic rings. The van der Waals surface area contributed by atoms with E-state index in [-0.39, 0.29) is 0 Å². The molecule has 0 aliphatic carbocycles. The van der Waals surface area contributed by atoms with E-state index in [1.807, 2.05) is 74.4 Å². The number of fused-ring (bicyclic) bond motifs is 2. The van der Waals surface area contributed by atoms with Crippen LogP contribution in [0.25, 0.3) is 21.5 Å². The molecule has 0 aromatic heterocycles. The van der Waals surface area contributed by atoms with Gasteiger partial charge >= 0.3 is 227 Å². The van der Waals surface area contributed by atoms with Crippen LogP contribution in [0.3, 0.4) is 0 Å². The Balaban J connectivity index is 2.17.